The lowest BCUT2D eigenvalue weighted by Crippen LogP contribution is -2.09. The van der Waals surface area contributed by atoms with Gasteiger partial charge < -0.3 is 4.55 Å². The molecule has 0 aliphatic carbocycles. The summed E-state index contributed by atoms with van der Waals surface area (Å²) < 4.78 is 57.9. The number of rotatable bonds is 2. The predicted octanol–water partition coefficient (Wildman–Crippen LogP) is 1.87. The number of nitrogens with zero attached hydrogens (tertiary/aromatic N) is 3. The summed E-state index contributed by atoms with van der Waals surface area (Å²) in [6.45, 7) is 0. The van der Waals surface area contributed by atoms with Gasteiger partial charge in [0.2, 0.25) is 0 Å². The molecule has 0 spiro atoms. The molecule has 1 N–H and O–H groups in total. The van der Waals surface area contributed by atoms with E-state index in [2.05, 4.69) is 10.1 Å². The van der Waals surface area contributed by atoms with E-state index in [1.807, 2.05) is 0 Å². The molecule has 0 saturated carbocycles. The van der Waals surface area contributed by atoms with Crippen molar-refractivity contribution in [2.75, 3.05) is 0 Å². The molecule has 1 unspecified atom stereocenters. The van der Waals surface area contributed by atoms with Crippen LogP contribution in [0, 0.1) is 0 Å². The van der Waals surface area contributed by atoms with E-state index in [1.165, 1.54) is 12.3 Å². The first-order chi connectivity index (χ1) is 8.38. The van der Waals surface area contributed by atoms with Gasteiger partial charge in [0, 0.05) is 12.4 Å². The van der Waals surface area contributed by atoms with Gasteiger partial charge in [-0.1, -0.05) is 0 Å². The molecule has 0 bridgehead atoms. The lowest BCUT2D eigenvalue weighted by atomic mass is 10.3. The van der Waals surface area contributed by atoms with Gasteiger partial charge in [0.05, 0.1) is 11.9 Å². The van der Waals surface area contributed by atoms with Crippen LogP contribution in [-0.2, 0) is 17.3 Å². The van der Waals surface area contributed by atoms with Crippen molar-refractivity contribution in [1.82, 2.24) is 14.8 Å². The Balaban J connectivity index is 2.41. The Labute approximate surface area is 102 Å². The first-order valence-corrected chi connectivity index (χ1v) is 5.68. The highest BCUT2D eigenvalue weighted by Gasteiger charge is 2.32. The zero-order valence-electron chi connectivity index (χ0n) is 8.63. The fraction of sp³-hybridized carbons (Fsp3) is 0.111. The zero-order valence-corrected chi connectivity index (χ0v) is 9.44. The van der Waals surface area contributed by atoms with Crippen LogP contribution in [0.2, 0.25) is 0 Å². The van der Waals surface area contributed by atoms with E-state index >= 15 is 0 Å². The molecule has 1 atom stereocenters. The lowest BCUT2D eigenvalue weighted by molar-refractivity contribution is -0.141. The van der Waals surface area contributed by atoms with Crippen molar-refractivity contribution in [2.45, 2.75) is 11.1 Å². The van der Waals surface area contributed by atoms with Crippen molar-refractivity contribution in [3.8, 4) is 5.69 Å². The molecule has 2 aromatic heterocycles. The molecular formula is C9H6F3N3O2S. The number of pyridine rings is 1. The van der Waals surface area contributed by atoms with E-state index < -0.39 is 23.0 Å². The number of halogens is 3. The van der Waals surface area contributed by atoms with Crippen molar-refractivity contribution < 1.29 is 21.9 Å². The monoisotopic (exact) mass is 277 g/mol. The maximum absolute atomic E-state index is 12.4. The van der Waals surface area contributed by atoms with Crippen LogP contribution in [0.4, 0.5) is 13.2 Å². The molecule has 0 aliphatic heterocycles. The standard InChI is InChI=1S/C9H6F3N3O2S/c10-9(11,12)8-3-6(1-2-13-8)15-5-7(4-14-15)18(16)17/h1-5H,(H,16,17). The van der Waals surface area contributed by atoms with Gasteiger partial charge in [0.15, 0.2) is 11.1 Å². The Bertz CT molecular complexity index is 597. The third-order valence-corrected chi connectivity index (χ3v) is 2.67. The highest BCUT2D eigenvalue weighted by molar-refractivity contribution is 7.79. The van der Waals surface area contributed by atoms with E-state index in [0.29, 0.717) is 0 Å². The van der Waals surface area contributed by atoms with Gasteiger partial charge in [0.25, 0.3) is 0 Å². The van der Waals surface area contributed by atoms with E-state index in [-0.39, 0.29) is 10.6 Å². The molecule has 18 heavy (non-hydrogen) atoms. The summed E-state index contributed by atoms with van der Waals surface area (Å²) in [4.78, 5) is 3.20. The van der Waals surface area contributed by atoms with Crippen molar-refractivity contribution >= 4 is 11.1 Å². The van der Waals surface area contributed by atoms with E-state index in [0.717, 1.165) is 23.1 Å². The molecule has 0 aliphatic rings. The molecule has 0 aromatic carbocycles. The predicted molar refractivity (Wildman–Crippen MR) is 55.4 cm³/mol. The van der Waals surface area contributed by atoms with E-state index in [4.69, 9.17) is 4.55 Å². The second-order valence-electron chi connectivity index (χ2n) is 3.27. The average molecular weight is 277 g/mol. The normalized spacial score (nSPS) is 13.6. The maximum atomic E-state index is 12.4. The van der Waals surface area contributed by atoms with Crippen LogP contribution >= 0.6 is 0 Å². The van der Waals surface area contributed by atoms with Gasteiger partial charge >= 0.3 is 6.18 Å². The second kappa shape index (κ2) is 4.50. The minimum Gasteiger partial charge on any atom is -0.302 e. The van der Waals surface area contributed by atoms with Crippen molar-refractivity contribution in [1.29, 1.82) is 0 Å². The first-order valence-electron chi connectivity index (χ1n) is 4.57. The molecule has 5 nitrogen and oxygen atoms in total. The van der Waals surface area contributed by atoms with Crippen molar-refractivity contribution in [3.63, 3.8) is 0 Å². The quantitative estimate of drug-likeness (QED) is 0.851. The molecule has 0 saturated heterocycles. The highest BCUT2D eigenvalue weighted by Crippen LogP contribution is 2.28. The van der Waals surface area contributed by atoms with Gasteiger partial charge in [-0.15, -0.1) is 0 Å². The Morgan fingerprint density at radius 3 is 2.67 bits per heavy atom. The van der Waals surface area contributed by atoms with Crippen molar-refractivity contribution in [3.05, 3.63) is 36.4 Å². The largest absolute Gasteiger partial charge is 0.433 e. The highest BCUT2D eigenvalue weighted by atomic mass is 32.2. The van der Waals surface area contributed by atoms with Crippen LogP contribution < -0.4 is 0 Å². The maximum Gasteiger partial charge on any atom is 0.433 e. The fourth-order valence-electron chi connectivity index (χ4n) is 1.25. The number of hydrogen-bond donors (Lipinski definition) is 1. The summed E-state index contributed by atoms with van der Waals surface area (Å²) in [7, 11) is 0. The Hall–Kier alpha value is -1.74. The van der Waals surface area contributed by atoms with Gasteiger partial charge in [0.1, 0.15) is 10.6 Å². The summed E-state index contributed by atoms with van der Waals surface area (Å²) >= 11 is -2.23. The summed E-state index contributed by atoms with van der Waals surface area (Å²) in [6.07, 6.45) is -1.28. The minimum atomic E-state index is -4.55. The van der Waals surface area contributed by atoms with Crippen LogP contribution in [0.5, 0.6) is 0 Å². The topological polar surface area (TPSA) is 68.0 Å². The van der Waals surface area contributed by atoms with Crippen LogP contribution in [0.15, 0.2) is 35.6 Å². The minimum absolute atomic E-state index is 0.000343. The van der Waals surface area contributed by atoms with Crippen LogP contribution in [0.1, 0.15) is 5.69 Å². The third kappa shape index (κ3) is 2.57. The third-order valence-electron chi connectivity index (χ3n) is 2.06. The van der Waals surface area contributed by atoms with Crippen LogP contribution in [0.25, 0.3) is 5.69 Å². The molecule has 2 rings (SSSR count). The molecule has 9 heteroatoms. The molecule has 0 fully saturated rings. The summed E-state index contributed by atoms with van der Waals surface area (Å²) in [5.74, 6) is 0. The average Bonchev–Trinajstić information content (AvgIpc) is 2.77. The SMILES string of the molecule is O=S(O)c1cnn(-c2ccnc(C(F)(F)F)c2)c1. The van der Waals surface area contributed by atoms with Gasteiger partial charge in [-0.05, 0) is 12.1 Å². The summed E-state index contributed by atoms with van der Waals surface area (Å²) in [5.41, 5.74) is -0.948. The zero-order chi connectivity index (χ0) is 13.3. The number of hydrogen-bond acceptors (Lipinski definition) is 3. The fourth-order valence-corrected chi connectivity index (χ4v) is 1.58. The van der Waals surface area contributed by atoms with Gasteiger partial charge in [-0.25, -0.2) is 8.89 Å². The number of aromatic nitrogens is 3. The summed E-state index contributed by atoms with van der Waals surface area (Å²) in [5, 5.41) is 3.70. The second-order valence-corrected chi connectivity index (χ2v) is 4.24. The van der Waals surface area contributed by atoms with E-state index in [9.17, 15) is 17.4 Å². The molecule has 2 aromatic rings. The van der Waals surface area contributed by atoms with Gasteiger partial charge in [-0.3, -0.25) is 4.98 Å². The van der Waals surface area contributed by atoms with Crippen LogP contribution in [0.3, 0.4) is 0 Å². The lowest BCUT2D eigenvalue weighted by Gasteiger charge is -2.07. The molecule has 2 heterocycles. The summed E-state index contributed by atoms with van der Waals surface area (Å²) in [6, 6.07) is 2.11. The first kappa shape index (κ1) is 12.7. The van der Waals surface area contributed by atoms with E-state index in [1.54, 1.807) is 0 Å². The molecule has 96 valence electrons. The Morgan fingerprint density at radius 1 is 1.39 bits per heavy atom. The molecule has 0 radical (unpaired) electrons. The smallest absolute Gasteiger partial charge is 0.302 e. The molecule has 0 amide bonds. The van der Waals surface area contributed by atoms with Crippen LogP contribution in [-0.4, -0.2) is 23.5 Å². The molecular weight excluding hydrogens is 271 g/mol. The van der Waals surface area contributed by atoms with Crippen molar-refractivity contribution in [2.24, 2.45) is 0 Å². The number of alkyl halides is 3. The Morgan fingerprint density at radius 2 is 2.11 bits per heavy atom. The van der Waals surface area contributed by atoms with Gasteiger partial charge in [-0.2, -0.15) is 18.3 Å². The Kier molecular flexibility index (Phi) is 3.18.